The molecule has 0 spiro atoms. The van der Waals surface area contributed by atoms with E-state index in [4.69, 9.17) is 4.74 Å². The number of alkyl halides is 3. The van der Waals surface area contributed by atoms with Gasteiger partial charge in [-0.2, -0.15) is 13.2 Å². The van der Waals surface area contributed by atoms with Crippen LogP contribution in [0.25, 0.3) is 0 Å². The molecule has 2 aliphatic heterocycles. The molecule has 2 saturated heterocycles. The van der Waals surface area contributed by atoms with Crippen molar-refractivity contribution in [3.8, 4) is 5.75 Å². The van der Waals surface area contributed by atoms with Crippen molar-refractivity contribution in [1.29, 1.82) is 0 Å². The number of carbonyl (C=O) groups is 3. The molecular weight excluding hydrogens is 429 g/mol. The van der Waals surface area contributed by atoms with Crippen molar-refractivity contribution in [1.82, 2.24) is 15.1 Å². The summed E-state index contributed by atoms with van der Waals surface area (Å²) in [6.45, 7) is 5.05. The van der Waals surface area contributed by atoms with Crippen molar-refractivity contribution in [2.75, 3.05) is 50.8 Å². The SMILES string of the molecule is CC1(C)C(=O)NC(=O)N(CCCN2CCN(c3ccccc3OCC(F)(F)F)CC2)C1=O. The van der Waals surface area contributed by atoms with Crippen LogP contribution < -0.4 is 15.0 Å². The lowest BCUT2D eigenvalue weighted by molar-refractivity contribution is -0.153. The number of piperazine rings is 1. The first-order chi connectivity index (χ1) is 15.0. The molecule has 32 heavy (non-hydrogen) atoms. The predicted molar refractivity (Wildman–Crippen MR) is 110 cm³/mol. The number of imide groups is 2. The van der Waals surface area contributed by atoms with E-state index in [1.807, 2.05) is 4.90 Å². The molecule has 4 amide bonds. The van der Waals surface area contributed by atoms with Crippen molar-refractivity contribution in [2.24, 2.45) is 5.41 Å². The van der Waals surface area contributed by atoms with Crippen molar-refractivity contribution in [2.45, 2.75) is 26.4 Å². The number of anilines is 1. The van der Waals surface area contributed by atoms with Gasteiger partial charge in [0.05, 0.1) is 5.69 Å². The van der Waals surface area contributed by atoms with Gasteiger partial charge in [0.1, 0.15) is 11.2 Å². The van der Waals surface area contributed by atoms with E-state index in [1.54, 1.807) is 18.2 Å². The van der Waals surface area contributed by atoms with Crippen LogP contribution in [-0.4, -0.2) is 79.7 Å². The van der Waals surface area contributed by atoms with Crippen molar-refractivity contribution in [3.63, 3.8) is 0 Å². The van der Waals surface area contributed by atoms with Crippen LogP contribution >= 0.6 is 0 Å². The standard InChI is InChI=1S/C21H27F3N4O4/c1-20(2)17(29)25-19(31)28(18(20)30)9-5-8-26-10-12-27(13-11-26)15-6-3-4-7-16(15)32-14-21(22,23)24/h3-4,6-7H,5,8-14H2,1-2H3,(H,25,29,31). The van der Waals surface area contributed by atoms with Crippen molar-refractivity contribution >= 4 is 23.5 Å². The van der Waals surface area contributed by atoms with Crippen molar-refractivity contribution in [3.05, 3.63) is 24.3 Å². The Labute approximate surface area is 184 Å². The first-order valence-corrected chi connectivity index (χ1v) is 10.4. The number of nitrogens with one attached hydrogen (secondary N) is 1. The molecule has 0 saturated carbocycles. The Kier molecular flexibility index (Phi) is 6.97. The Morgan fingerprint density at radius 2 is 1.69 bits per heavy atom. The van der Waals surface area contributed by atoms with Crippen molar-refractivity contribution < 1.29 is 32.3 Å². The summed E-state index contributed by atoms with van der Waals surface area (Å²) in [5.41, 5.74) is -0.653. The molecule has 2 fully saturated rings. The van der Waals surface area contributed by atoms with Gasteiger partial charge in [-0.15, -0.1) is 0 Å². The summed E-state index contributed by atoms with van der Waals surface area (Å²) < 4.78 is 42.5. The van der Waals surface area contributed by atoms with Gasteiger partial charge >= 0.3 is 12.2 Å². The molecule has 0 radical (unpaired) electrons. The normalized spacial score (nSPS) is 19.8. The van der Waals surface area contributed by atoms with E-state index >= 15 is 0 Å². The number of para-hydroxylation sites is 2. The average Bonchev–Trinajstić information content (AvgIpc) is 2.74. The number of amides is 4. The van der Waals surface area contributed by atoms with E-state index in [1.165, 1.54) is 19.9 Å². The minimum Gasteiger partial charge on any atom is -0.482 e. The molecule has 3 rings (SSSR count). The van der Waals surface area contributed by atoms with Gasteiger partial charge in [0.2, 0.25) is 11.8 Å². The Bertz CT molecular complexity index is 867. The molecule has 1 aromatic carbocycles. The third-order valence-electron chi connectivity index (χ3n) is 5.64. The fourth-order valence-corrected chi connectivity index (χ4v) is 3.72. The summed E-state index contributed by atoms with van der Waals surface area (Å²) in [6.07, 6.45) is -3.85. The lowest BCUT2D eigenvalue weighted by atomic mass is 9.89. The van der Waals surface area contributed by atoms with Gasteiger partial charge in [0.15, 0.2) is 6.61 Å². The second kappa shape index (κ2) is 9.35. The number of nitrogens with zero attached hydrogens (tertiary/aromatic N) is 3. The Balaban J connectivity index is 1.48. The summed E-state index contributed by atoms with van der Waals surface area (Å²) in [7, 11) is 0. The monoisotopic (exact) mass is 456 g/mol. The molecule has 0 bridgehead atoms. The van der Waals surface area contributed by atoms with Gasteiger partial charge in [-0.25, -0.2) is 4.79 Å². The highest BCUT2D eigenvalue weighted by Gasteiger charge is 2.46. The molecule has 2 heterocycles. The Hall–Kier alpha value is -2.82. The van der Waals surface area contributed by atoms with E-state index in [9.17, 15) is 27.6 Å². The second-order valence-corrected chi connectivity index (χ2v) is 8.39. The second-order valence-electron chi connectivity index (χ2n) is 8.39. The summed E-state index contributed by atoms with van der Waals surface area (Å²) in [5, 5.41) is 2.21. The highest BCUT2D eigenvalue weighted by atomic mass is 19.4. The quantitative estimate of drug-likeness (QED) is 0.634. The van der Waals surface area contributed by atoms with E-state index in [0.717, 1.165) is 4.90 Å². The summed E-state index contributed by atoms with van der Waals surface area (Å²) >= 11 is 0. The predicted octanol–water partition coefficient (Wildman–Crippen LogP) is 2.24. The molecule has 0 atom stereocenters. The molecule has 0 aliphatic carbocycles. The average molecular weight is 456 g/mol. The summed E-state index contributed by atoms with van der Waals surface area (Å²) in [4.78, 5) is 41.5. The van der Waals surface area contributed by atoms with Gasteiger partial charge in [0, 0.05) is 32.7 Å². The minimum absolute atomic E-state index is 0.199. The molecule has 176 valence electrons. The van der Waals surface area contributed by atoms with Crippen LogP contribution in [0.5, 0.6) is 5.75 Å². The van der Waals surface area contributed by atoms with Gasteiger partial charge in [-0.1, -0.05) is 12.1 Å². The molecule has 1 aromatic rings. The number of carbonyl (C=O) groups excluding carboxylic acids is 3. The lowest BCUT2D eigenvalue weighted by Gasteiger charge is -2.37. The maximum absolute atomic E-state index is 12.5. The molecule has 11 heteroatoms. The fraction of sp³-hybridized carbons (Fsp3) is 0.571. The molecule has 8 nitrogen and oxygen atoms in total. The molecule has 0 unspecified atom stereocenters. The lowest BCUT2D eigenvalue weighted by Crippen LogP contribution is -2.62. The molecular formula is C21H27F3N4O4. The Morgan fingerprint density at radius 1 is 1.03 bits per heavy atom. The number of barbiturate groups is 1. The van der Waals surface area contributed by atoms with Crippen LogP contribution in [0.3, 0.4) is 0 Å². The zero-order chi connectivity index (χ0) is 23.5. The van der Waals surface area contributed by atoms with Crippen LogP contribution in [0, 0.1) is 5.41 Å². The van der Waals surface area contributed by atoms with Gasteiger partial charge in [-0.3, -0.25) is 24.7 Å². The highest BCUT2D eigenvalue weighted by molar-refractivity contribution is 6.18. The third-order valence-corrected chi connectivity index (χ3v) is 5.64. The van der Waals surface area contributed by atoms with E-state index in [0.29, 0.717) is 44.8 Å². The number of hydrogen-bond donors (Lipinski definition) is 1. The van der Waals surface area contributed by atoms with Gasteiger partial charge < -0.3 is 9.64 Å². The third kappa shape index (κ3) is 5.50. The van der Waals surface area contributed by atoms with Crippen LogP contribution in [0.15, 0.2) is 24.3 Å². The summed E-state index contributed by atoms with van der Waals surface area (Å²) in [5.74, 6) is -0.907. The van der Waals surface area contributed by atoms with Crippen LogP contribution in [0.4, 0.5) is 23.7 Å². The van der Waals surface area contributed by atoms with Crippen LogP contribution in [0.2, 0.25) is 0 Å². The molecule has 0 aromatic heterocycles. The number of benzene rings is 1. The topological polar surface area (TPSA) is 82.2 Å². The number of rotatable bonds is 7. The van der Waals surface area contributed by atoms with Crippen LogP contribution in [0.1, 0.15) is 20.3 Å². The zero-order valence-electron chi connectivity index (χ0n) is 18.1. The minimum atomic E-state index is -4.40. The van der Waals surface area contributed by atoms with Gasteiger partial charge in [-0.05, 0) is 38.9 Å². The molecule has 1 N–H and O–H groups in total. The van der Waals surface area contributed by atoms with E-state index in [2.05, 4.69) is 10.2 Å². The smallest absolute Gasteiger partial charge is 0.422 e. The van der Waals surface area contributed by atoms with E-state index in [-0.39, 0.29) is 12.3 Å². The number of urea groups is 1. The largest absolute Gasteiger partial charge is 0.482 e. The van der Waals surface area contributed by atoms with E-state index < -0.39 is 36.0 Å². The summed E-state index contributed by atoms with van der Waals surface area (Å²) in [6, 6.07) is 5.97. The molecule has 2 aliphatic rings. The number of ether oxygens (including phenoxy) is 1. The first-order valence-electron chi connectivity index (χ1n) is 10.4. The number of hydrogen-bond acceptors (Lipinski definition) is 6. The zero-order valence-corrected chi connectivity index (χ0v) is 18.1. The van der Waals surface area contributed by atoms with Gasteiger partial charge in [0.25, 0.3) is 0 Å². The maximum atomic E-state index is 12.5. The Morgan fingerprint density at radius 3 is 2.34 bits per heavy atom. The fourth-order valence-electron chi connectivity index (χ4n) is 3.72. The maximum Gasteiger partial charge on any atom is 0.422 e. The van der Waals surface area contributed by atoms with Crippen LogP contribution in [-0.2, 0) is 9.59 Å². The first kappa shape index (κ1) is 23.8. The number of halogens is 3. The highest BCUT2D eigenvalue weighted by Crippen LogP contribution is 2.30.